The molecule has 0 aliphatic carbocycles. The second-order valence-electron chi connectivity index (χ2n) is 7.13. The summed E-state index contributed by atoms with van der Waals surface area (Å²) in [7, 11) is 1.36. The molecule has 7 heteroatoms. The van der Waals surface area contributed by atoms with Crippen molar-refractivity contribution in [1.29, 1.82) is 0 Å². The number of benzene rings is 2. The van der Waals surface area contributed by atoms with Gasteiger partial charge in [0.15, 0.2) is 0 Å². The molecule has 1 N–H and O–H groups in total. The molecule has 3 rings (SSSR count). The highest BCUT2D eigenvalue weighted by molar-refractivity contribution is 5.89. The van der Waals surface area contributed by atoms with Gasteiger partial charge in [0.25, 0.3) is 0 Å². The van der Waals surface area contributed by atoms with E-state index < -0.39 is 5.97 Å². The smallest absolute Gasteiger partial charge is 0.335 e. The zero-order chi connectivity index (χ0) is 22.9. The molecule has 2 aromatic carbocycles. The van der Waals surface area contributed by atoms with Crippen LogP contribution >= 0.6 is 0 Å². The molecule has 0 spiro atoms. The van der Waals surface area contributed by atoms with Crippen molar-refractivity contribution in [3.8, 4) is 17.2 Å². The van der Waals surface area contributed by atoms with E-state index in [2.05, 4.69) is 10.5 Å². The lowest BCUT2D eigenvalue weighted by Gasteiger charge is -2.12. The van der Waals surface area contributed by atoms with Gasteiger partial charge in [-0.25, -0.2) is 9.78 Å². The number of allylic oxidation sites excluding steroid dienone is 1. The predicted molar refractivity (Wildman–Crippen MR) is 121 cm³/mol. The molecule has 0 aliphatic heterocycles. The summed E-state index contributed by atoms with van der Waals surface area (Å²) in [6, 6.07) is 17.3. The van der Waals surface area contributed by atoms with Crippen LogP contribution in [0.3, 0.4) is 0 Å². The molecule has 7 nitrogen and oxygen atoms in total. The molecule has 1 aromatic heterocycles. The fourth-order valence-electron chi connectivity index (χ4n) is 3.05. The highest BCUT2D eigenvalue weighted by Gasteiger charge is 2.15. The summed E-state index contributed by atoms with van der Waals surface area (Å²) in [6.07, 6.45) is 0.404. The van der Waals surface area contributed by atoms with Crippen LogP contribution in [-0.2, 0) is 27.4 Å². The lowest BCUT2D eigenvalue weighted by atomic mass is 10.0. The van der Waals surface area contributed by atoms with Gasteiger partial charge >= 0.3 is 5.97 Å². The summed E-state index contributed by atoms with van der Waals surface area (Å²) in [6.45, 7) is 6.30. The van der Waals surface area contributed by atoms with E-state index in [9.17, 15) is 4.79 Å². The first-order chi connectivity index (χ1) is 15.5. The van der Waals surface area contributed by atoms with Crippen LogP contribution in [-0.4, -0.2) is 24.7 Å². The summed E-state index contributed by atoms with van der Waals surface area (Å²) in [4.78, 5) is 21.9. The van der Waals surface area contributed by atoms with Gasteiger partial charge in [0.05, 0.1) is 19.3 Å². The van der Waals surface area contributed by atoms with Crippen molar-refractivity contribution in [1.82, 2.24) is 10.5 Å². The van der Waals surface area contributed by atoms with E-state index >= 15 is 0 Å². The van der Waals surface area contributed by atoms with Crippen molar-refractivity contribution in [3.63, 3.8) is 0 Å². The van der Waals surface area contributed by atoms with E-state index in [1.165, 1.54) is 7.11 Å². The predicted octanol–water partition coefficient (Wildman–Crippen LogP) is 4.76. The first-order valence-electron chi connectivity index (χ1n) is 10.4. The molecule has 0 aliphatic rings. The van der Waals surface area contributed by atoms with Gasteiger partial charge in [-0.05, 0) is 50.6 Å². The quantitative estimate of drug-likeness (QED) is 0.279. The Labute approximate surface area is 188 Å². The molecule has 0 saturated carbocycles. The van der Waals surface area contributed by atoms with Crippen LogP contribution in [0.25, 0.3) is 11.5 Å². The molecule has 0 atom stereocenters. The third kappa shape index (κ3) is 5.98. The molecule has 0 radical (unpaired) electrons. The first-order valence-corrected chi connectivity index (χ1v) is 10.4. The molecule has 32 heavy (non-hydrogen) atoms. The number of esters is 1. The Morgan fingerprint density at radius 2 is 1.81 bits per heavy atom. The Kier molecular flexibility index (Phi) is 8.05. The van der Waals surface area contributed by atoms with Crippen molar-refractivity contribution >= 4 is 5.97 Å². The van der Waals surface area contributed by atoms with E-state index in [4.69, 9.17) is 18.7 Å². The van der Waals surface area contributed by atoms with Crippen LogP contribution < -0.4 is 10.2 Å². The molecule has 0 amide bonds. The zero-order valence-electron chi connectivity index (χ0n) is 18.8. The van der Waals surface area contributed by atoms with Crippen LogP contribution in [0.2, 0.25) is 0 Å². The normalized spacial score (nSPS) is 11.6. The molecule has 0 bridgehead atoms. The van der Waals surface area contributed by atoms with Crippen molar-refractivity contribution < 1.29 is 23.5 Å². The topological polar surface area (TPSA) is 82.8 Å². The van der Waals surface area contributed by atoms with Crippen molar-refractivity contribution in [2.24, 2.45) is 0 Å². The molecule has 0 fully saturated rings. The Bertz CT molecular complexity index is 1060. The molecule has 168 valence electrons. The number of oxazole rings is 1. The highest BCUT2D eigenvalue weighted by atomic mass is 16.6. The Morgan fingerprint density at radius 3 is 2.47 bits per heavy atom. The Hall–Kier alpha value is -3.58. The molecule has 1 heterocycles. The van der Waals surface area contributed by atoms with Gasteiger partial charge in [-0.2, -0.15) is 0 Å². The Balaban J connectivity index is 1.65. The lowest BCUT2D eigenvalue weighted by Crippen LogP contribution is -2.19. The zero-order valence-corrected chi connectivity index (χ0v) is 18.8. The van der Waals surface area contributed by atoms with E-state index in [0.717, 1.165) is 22.6 Å². The number of rotatable bonds is 10. The number of carbonyl (C=O) groups excluding carboxylic acids is 1. The molecule has 0 unspecified atom stereocenters. The van der Waals surface area contributed by atoms with Gasteiger partial charge in [-0.1, -0.05) is 30.3 Å². The van der Waals surface area contributed by atoms with Gasteiger partial charge < -0.3 is 13.9 Å². The number of nitrogens with zero attached hydrogens (tertiary/aromatic N) is 1. The fourth-order valence-corrected chi connectivity index (χ4v) is 3.05. The van der Waals surface area contributed by atoms with Crippen molar-refractivity contribution in [2.45, 2.75) is 33.8 Å². The number of carbonyl (C=O) groups is 1. The van der Waals surface area contributed by atoms with E-state index in [-0.39, 0.29) is 0 Å². The van der Waals surface area contributed by atoms with Crippen LogP contribution in [0.15, 0.2) is 70.3 Å². The lowest BCUT2D eigenvalue weighted by molar-refractivity contribution is -0.136. The summed E-state index contributed by atoms with van der Waals surface area (Å²) in [5.41, 5.74) is 6.52. The van der Waals surface area contributed by atoms with Crippen LogP contribution in [0.4, 0.5) is 0 Å². The number of hydroxylamine groups is 1. The number of hydrogen-bond acceptors (Lipinski definition) is 7. The average molecular weight is 437 g/mol. The summed E-state index contributed by atoms with van der Waals surface area (Å²) in [5, 5.41) is 0. The van der Waals surface area contributed by atoms with E-state index in [1.807, 2.05) is 68.4 Å². The number of methoxy groups -OCH3 is 1. The third-order valence-electron chi connectivity index (χ3n) is 4.85. The maximum atomic E-state index is 12.2. The van der Waals surface area contributed by atoms with E-state index in [1.54, 1.807) is 6.92 Å². The highest BCUT2D eigenvalue weighted by Crippen LogP contribution is 2.23. The molecular formula is C25H28N2O5. The monoisotopic (exact) mass is 436 g/mol. The largest absolute Gasteiger partial charge is 0.487 e. The van der Waals surface area contributed by atoms with Crippen LogP contribution in [0, 0.1) is 6.92 Å². The second-order valence-corrected chi connectivity index (χ2v) is 7.13. The number of nitrogens with one attached hydrogen (secondary N) is 1. The summed E-state index contributed by atoms with van der Waals surface area (Å²) in [5.74, 6) is 1.61. The Morgan fingerprint density at radius 1 is 1.09 bits per heavy atom. The van der Waals surface area contributed by atoms with Gasteiger partial charge in [0.2, 0.25) is 5.89 Å². The van der Waals surface area contributed by atoms with Gasteiger partial charge in [-0.3, -0.25) is 10.3 Å². The molecule has 0 saturated heterocycles. The maximum Gasteiger partial charge on any atom is 0.335 e. The number of hydrogen-bond donors (Lipinski definition) is 1. The van der Waals surface area contributed by atoms with Crippen LogP contribution in [0.1, 0.15) is 30.9 Å². The van der Waals surface area contributed by atoms with Crippen molar-refractivity contribution in [3.05, 3.63) is 82.9 Å². The van der Waals surface area contributed by atoms with Crippen LogP contribution in [0.5, 0.6) is 5.75 Å². The summed E-state index contributed by atoms with van der Waals surface area (Å²) >= 11 is 0. The minimum absolute atomic E-state index is 0.298. The fraction of sp³-hybridized carbons (Fsp3) is 0.280. The molecular weight excluding hydrogens is 408 g/mol. The molecule has 3 aromatic rings. The van der Waals surface area contributed by atoms with Gasteiger partial charge in [-0.15, -0.1) is 0 Å². The minimum atomic E-state index is -0.397. The third-order valence-corrected chi connectivity index (χ3v) is 4.85. The standard InChI is InChI=1S/C25H28N2O5/c1-5-31-27-17(2)22(25(28)29-4)15-19-11-13-21(14-12-19)30-16-23-18(3)32-24(26-23)20-9-7-6-8-10-20/h6-14,27H,5,15-16H2,1-4H3. The maximum absolute atomic E-state index is 12.2. The second kappa shape index (κ2) is 11.2. The number of aromatic nitrogens is 1. The van der Waals surface area contributed by atoms with Gasteiger partial charge in [0, 0.05) is 17.7 Å². The van der Waals surface area contributed by atoms with Gasteiger partial charge in [0.1, 0.15) is 23.8 Å². The SMILES string of the molecule is CCONC(C)=C(Cc1ccc(OCc2nc(-c3ccccc3)oc2C)cc1)C(=O)OC. The first kappa shape index (κ1) is 23.1. The van der Waals surface area contributed by atoms with Crippen molar-refractivity contribution in [2.75, 3.05) is 13.7 Å². The minimum Gasteiger partial charge on any atom is -0.487 e. The van der Waals surface area contributed by atoms with E-state index in [0.29, 0.717) is 42.5 Å². The number of aryl methyl sites for hydroxylation is 1. The summed E-state index contributed by atoms with van der Waals surface area (Å²) < 4.78 is 16.6. The average Bonchev–Trinajstić information content (AvgIpc) is 3.21. The number of ether oxygens (including phenoxy) is 2.